The summed E-state index contributed by atoms with van der Waals surface area (Å²) in [5, 5.41) is 0. The van der Waals surface area contributed by atoms with E-state index in [-0.39, 0.29) is 0 Å². The molecule has 0 aliphatic heterocycles. The van der Waals surface area contributed by atoms with Gasteiger partial charge in [0.15, 0.2) is 0 Å². The van der Waals surface area contributed by atoms with E-state index in [1.165, 1.54) is 11.1 Å². The van der Waals surface area contributed by atoms with Crippen LogP contribution in [0, 0.1) is 0 Å². The van der Waals surface area contributed by atoms with Gasteiger partial charge >= 0.3 is 0 Å². The fraction of sp³-hybridized carbons (Fsp3) is 0.500. The molecule has 0 aliphatic carbocycles. The molecule has 0 saturated carbocycles. The Hall–Kier alpha value is -1.24. The van der Waals surface area contributed by atoms with Crippen molar-refractivity contribution in [2.75, 3.05) is 7.11 Å². The number of hydrogen-bond donors (Lipinski definition) is 0. The van der Waals surface area contributed by atoms with Gasteiger partial charge in [0.1, 0.15) is 5.75 Å². The third kappa shape index (κ3) is 3.62. The van der Waals surface area contributed by atoms with Crippen molar-refractivity contribution < 1.29 is 4.74 Å². The lowest BCUT2D eigenvalue weighted by atomic mass is 9.90. The maximum Gasteiger partial charge on any atom is 0.122 e. The maximum atomic E-state index is 5.48. The van der Waals surface area contributed by atoms with E-state index in [1.807, 2.05) is 0 Å². The average molecular weight is 232 g/mol. The van der Waals surface area contributed by atoms with Gasteiger partial charge in [-0.15, -0.1) is 0 Å². The van der Waals surface area contributed by atoms with Gasteiger partial charge < -0.3 is 4.74 Å². The standard InChI is InChI=1S/C16H24O/c1-5-8-9-14(7-3)15-12-13(6-2)10-11-16(15)17-4/h5,8,10-12,14H,6-7,9H2,1-4H3/b8-5-. The summed E-state index contributed by atoms with van der Waals surface area (Å²) in [5.41, 5.74) is 2.74. The summed E-state index contributed by atoms with van der Waals surface area (Å²) in [6.07, 6.45) is 7.69. The van der Waals surface area contributed by atoms with Gasteiger partial charge in [0, 0.05) is 0 Å². The van der Waals surface area contributed by atoms with Crippen LogP contribution in [0.2, 0.25) is 0 Å². The summed E-state index contributed by atoms with van der Waals surface area (Å²) in [5.74, 6) is 1.59. The number of hydrogen-bond acceptors (Lipinski definition) is 1. The van der Waals surface area contributed by atoms with E-state index >= 15 is 0 Å². The topological polar surface area (TPSA) is 9.23 Å². The van der Waals surface area contributed by atoms with E-state index in [1.54, 1.807) is 7.11 Å². The third-order valence-electron chi connectivity index (χ3n) is 3.29. The zero-order valence-corrected chi connectivity index (χ0v) is 11.5. The molecular formula is C16H24O. The van der Waals surface area contributed by atoms with Gasteiger partial charge in [0.25, 0.3) is 0 Å². The summed E-state index contributed by atoms with van der Waals surface area (Å²) < 4.78 is 5.48. The predicted molar refractivity (Wildman–Crippen MR) is 74.8 cm³/mol. The lowest BCUT2D eigenvalue weighted by Crippen LogP contribution is -2.01. The van der Waals surface area contributed by atoms with Crippen LogP contribution in [0.25, 0.3) is 0 Å². The summed E-state index contributed by atoms with van der Waals surface area (Å²) in [7, 11) is 1.76. The molecule has 0 amide bonds. The Kier molecular flexibility index (Phi) is 5.82. The molecule has 17 heavy (non-hydrogen) atoms. The first-order valence-electron chi connectivity index (χ1n) is 6.54. The SMILES string of the molecule is C/C=C\CC(CC)c1cc(CC)ccc1OC. The monoisotopic (exact) mass is 232 g/mol. The van der Waals surface area contributed by atoms with Gasteiger partial charge in [0.2, 0.25) is 0 Å². The molecule has 0 N–H and O–H groups in total. The second kappa shape index (κ2) is 7.16. The van der Waals surface area contributed by atoms with Crippen molar-refractivity contribution in [1.82, 2.24) is 0 Å². The summed E-state index contributed by atoms with van der Waals surface area (Å²) >= 11 is 0. The van der Waals surface area contributed by atoms with Crippen LogP contribution in [0.4, 0.5) is 0 Å². The maximum absolute atomic E-state index is 5.48. The van der Waals surface area contributed by atoms with Crippen LogP contribution >= 0.6 is 0 Å². The number of rotatable bonds is 6. The molecule has 0 saturated heterocycles. The highest BCUT2D eigenvalue weighted by molar-refractivity contribution is 5.40. The van der Waals surface area contributed by atoms with Crippen LogP contribution in [0.15, 0.2) is 30.4 Å². The molecule has 1 heteroatoms. The van der Waals surface area contributed by atoms with E-state index in [9.17, 15) is 0 Å². The largest absolute Gasteiger partial charge is 0.496 e. The molecule has 0 heterocycles. The van der Waals surface area contributed by atoms with E-state index < -0.39 is 0 Å². The van der Waals surface area contributed by atoms with Crippen LogP contribution in [-0.4, -0.2) is 7.11 Å². The molecular weight excluding hydrogens is 208 g/mol. The van der Waals surface area contributed by atoms with Crippen molar-refractivity contribution >= 4 is 0 Å². The van der Waals surface area contributed by atoms with E-state index in [4.69, 9.17) is 4.74 Å². The first-order chi connectivity index (χ1) is 8.26. The Bertz CT molecular complexity index is 366. The van der Waals surface area contributed by atoms with Crippen LogP contribution in [-0.2, 0) is 6.42 Å². The van der Waals surface area contributed by atoms with E-state index in [0.29, 0.717) is 5.92 Å². The zero-order valence-electron chi connectivity index (χ0n) is 11.5. The second-order valence-electron chi connectivity index (χ2n) is 4.34. The molecule has 1 aromatic carbocycles. The minimum absolute atomic E-state index is 0.563. The Labute approximate surface area is 106 Å². The molecule has 1 nitrogen and oxygen atoms in total. The lowest BCUT2D eigenvalue weighted by Gasteiger charge is -2.18. The molecule has 0 bridgehead atoms. The van der Waals surface area contributed by atoms with Gasteiger partial charge in [-0.05, 0) is 49.3 Å². The highest BCUT2D eigenvalue weighted by Gasteiger charge is 2.13. The molecule has 0 spiro atoms. The Morgan fingerprint density at radius 2 is 2.06 bits per heavy atom. The quantitative estimate of drug-likeness (QED) is 0.645. The average Bonchev–Trinajstić information content (AvgIpc) is 2.39. The fourth-order valence-corrected chi connectivity index (χ4v) is 2.14. The summed E-state index contributed by atoms with van der Waals surface area (Å²) in [6.45, 7) is 6.51. The van der Waals surface area contributed by atoms with Crippen molar-refractivity contribution in [3.63, 3.8) is 0 Å². The third-order valence-corrected chi connectivity index (χ3v) is 3.29. The molecule has 1 unspecified atom stereocenters. The number of methoxy groups -OCH3 is 1. The molecule has 1 aromatic rings. The minimum atomic E-state index is 0.563. The van der Waals surface area contributed by atoms with Crippen molar-refractivity contribution in [3.05, 3.63) is 41.5 Å². The second-order valence-corrected chi connectivity index (χ2v) is 4.34. The zero-order chi connectivity index (χ0) is 12.7. The molecule has 0 radical (unpaired) electrons. The van der Waals surface area contributed by atoms with E-state index in [0.717, 1.165) is 25.0 Å². The Morgan fingerprint density at radius 3 is 2.59 bits per heavy atom. The predicted octanol–water partition coefficient (Wildman–Crippen LogP) is 4.72. The van der Waals surface area contributed by atoms with Crippen molar-refractivity contribution in [1.29, 1.82) is 0 Å². The Morgan fingerprint density at radius 1 is 1.29 bits per heavy atom. The van der Waals surface area contributed by atoms with Crippen molar-refractivity contribution in [3.8, 4) is 5.75 Å². The smallest absolute Gasteiger partial charge is 0.122 e. The number of benzene rings is 1. The van der Waals surface area contributed by atoms with Crippen LogP contribution in [0.3, 0.4) is 0 Å². The molecule has 0 fully saturated rings. The van der Waals surface area contributed by atoms with Crippen LogP contribution in [0.5, 0.6) is 5.75 Å². The van der Waals surface area contributed by atoms with Gasteiger partial charge in [0.05, 0.1) is 7.11 Å². The minimum Gasteiger partial charge on any atom is -0.496 e. The molecule has 1 atom stereocenters. The van der Waals surface area contributed by atoms with Gasteiger partial charge in [-0.25, -0.2) is 0 Å². The van der Waals surface area contributed by atoms with Gasteiger partial charge in [-0.2, -0.15) is 0 Å². The van der Waals surface area contributed by atoms with Crippen LogP contribution in [0.1, 0.15) is 50.7 Å². The molecule has 0 aliphatic rings. The normalized spacial score (nSPS) is 12.9. The lowest BCUT2D eigenvalue weighted by molar-refractivity contribution is 0.404. The van der Waals surface area contributed by atoms with Gasteiger partial charge in [-0.3, -0.25) is 0 Å². The molecule has 0 aromatic heterocycles. The molecule has 1 rings (SSSR count). The fourth-order valence-electron chi connectivity index (χ4n) is 2.14. The highest BCUT2D eigenvalue weighted by Crippen LogP contribution is 2.32. The van der Waals surface area contributed by atoms with Crippen molar-refractivity contribution in [2.45, 2.75) is 46.0 Å². The van der Waals surface area contributed by atoms with Crippen LogP contribution < -0.4 is 4.74 Å². The first-order valence-corrected chi connectivity index (χ1v) is 6.54. The number of aryl methyl sites for hydroxylation is 1. The summed E-state index contributed by atoms with van der Waals surface area (Å²) in [6, 6.07) is 6.56. The first kappa shape index (κ1) is 13.8. The number of ether oxygens (including phenoxy) is 1. The molecule has 94 valence electrons. The number of allylic oxidation sites excluding steroid dienone is 2. The van der Waals surface area contributed by atoms with Crippen molar-refractivity contribution in [2.24, 2.45) is 0 Å². The highest BCUT2D eigenvalue weighted by atomic mass is 16.5. The summed E-state index contributed by atoms with van der Waals surface area (Å²) in [4.78, 5) is 0. The van der Waals surface area contributed by atoms with Gasteiger partial charge in [-0.1, -0.05) is 38.1 Å². The Balaban J connectivity index is 3.05. The van der Waals surface area contributed by atoms with E-state index in [2.05, 4.69) is 51.1 Å².